The zero-order valence-corrected chi connectivity index (χ0v) is 16.1. The number of benzene rings is 1. The van der Waals surface area contributed by atoms with Crippen molar-refractivity contribution in [3.05, 3.63) is 63.4 Å². The summed E-state index contributed by atoms with van der Waals surface area (Å²) in [4.78, 5) is 21.4. The maximum absolute atomic E-state index is 12.0. The summed E-state index contributed by atoms with van der Waals surface area (Å²) in [5, 5.41) is 9.83. The second kappa shape index (κ2) is 6.95. The van der Waals surface area contributed by atoms with Crippen molar-refractivity contribution in [3.8, 4) is 0 Å². The van der Waals surface area contributed by atoms with Crippen LogP contribution >= 0.6 is 15.9 Å². The lowest BCUT2D eigenvalue weighted by molar-refractivity contribution is -0.130. The lowest BCUT2D eigenvalue weighted by Gasteiger charge is -2.38. The fraction of sp³-hybridized carbons (Fsp3) is 0.300. The molecule has 0 radical (unpaired) electrons. The first kappa shape index (κ1) is 17.4. The number of pyridine rings is 1. The third-order valence-corrected chi connectivity index (χ3v) is 5.59. The van der Waals surface area contributed by atoms with E-state index in [1.807, 2.05) is 24.3 Å². The Balaban J connectivity index is 1.93. The van der Waals surface area contributed by atoms with Crippen LogP contribution in [-0.4, -0.2) is 59.1 Å². The lowest BCUT2D eigenvalue weighted by Crippen LogP contribution is -2.46. The molecule has 1 atom stereocenters. The molecule has 0 amide bonds. The Kier molecular flexibility index (Phi) is 4.65. The molecule has 0 saturated carbocycles. The number of hydrogen-bond acceptors (Lipinski definition) is 4. The Labute approximate surface area is 161 Å². The molecule has 1 aliphatic carbocycles. The number of likely N-dealkylation sites (N-methyl/N-ethyl adjacent to an activating group) is 1. The first-order valence-corrected chi connectivity index (χ1v) is 9.46. The van der Waals surface area contributed by atoms with Gasteiger partial charge in [-0.15, -0.1) is 0 Å². The van der Waals surface area contributed by atoms with Gasteiger partial charge in [-0.1, -0.05) is 24.3 Å². The van der Waals surface area contributed by atoms with Gasteiger partial charge in [0.05, 0.1) is 17.3 Å². The van der Waals surface area contributed by atoms with Gasteiger partial charge in [0.15, 0.2) is 0 Å². The van der Waals surface area contributed by atoms with Crippen LogP contribution in [0.25, 0.3) is 11.6 Å². The predicted molar refractivity (Wildman–Crippen MR) is 105 cm³/mol. The zero-order chi connectivity index (χ0) is 18.3. The van der Waals surface area contributed by atoms with Crippen LogP contribution in [0.2, 0.25) is 0 Å². The summed E-state index contributed by atoms with van der Waals surface area (Å²) in [6, 6.07) is 9.87. The van der Waals surface area contributed by atoms with Crippen LogP contribution in [-0.2, 0) is 4.79 Å². The number of nitrogens with zero attached hydrogens (tertiary/aromatic N) is 3. The highest BCUT2D eigenvalue weighted by atomic mass is 79.9. The van der Waals surface area contributed by atoms with Crippen molar-refractivity contribution in [2.24, 2.45) is 0 Å². The topological polar surface area (TPSA) is 56.7 Å². The molecule has 2 aliphatic rings. The lowest BCUT2D eigenvalue weighted by atomic mass is 9.95. The number of aromatic nitrogens is 1. The molecule has 134 valence electrons. The van der Waals surface area contributed by atoms with E-state index >= 15 is 0 Å². The molecule has 2 aromatic rings. The molecule has 1 N–H and O–H groups in total. The maximum Gasteiger partial charge on any atom is 0.336 e. The monoisotopic (exact) mass is 413 g/mol. The van der Waals surface area contributed by atoms with Gasteiger partial charge in [-0.05, 0) is 46.2 Å². The third-order valence-electron chi connectivity index (χ3n) is 5.16. The molecule has 2 heterocycles. The van der Waals surface area contributed by atoms with Crippen LogP contribution in [0.5, 0.6) is 0 Å². The van der Waals surface area contributed by atoms with E-state index in [1.165, 1.54) is 0 Å². The van der Waals surface area contributed by atoms with Crippen molar-refractivity contribution in [2.45, 2.75) is 6.04 Å². The minimum Gasteiger partial charge on any atom is -0.478 e. The van der Waals surface area contributed by atoms with Gasteiger partial charge in [0, 0.05) is 42.4 Å². The van der Waals surface area contributed by atoms with Crippen molar-refractivity contribution in [1.29, 1.82) is 0 Å². The standard InChI is InChI=1S/C20H20BrN3O2/c1-23-6-8-24(9-7-23)19-15-5-3-2-4-13(15)10-17(20(25)26)16-11-14(21)12-22-18(16)19/h2-5,10-12,19H,6-9H2,1H3,(H,25,26). The summed E-state index contributed by atoms with van der Waals surface area (Å²) in [5.74, 6) is -0.931. The van der Waals surface area contributed by atoms with E-state index in [2.05, 4.69) is 43.8 Å². The maximum atomic E-state index is 12.0. The number of aliphatic carboxylic acids is 1. The summed E-state index contributed by atoms with van der Waals surface area (Å²) in [7, 11) is 2.13. The second-order valence-electron chi connectivity index (χ2n) is 6.82. The third kappa shape index (κ3) is 3.09. The summed E-state index contributed by atoms with van der Waals surface area (Å²) >= 11 is 3.45. The summed E-state index contributed by atoms with van der Waals surface area (Å²) in [6.45, 7) is 3.83. The highest BCUT2D eigenvalue weighted by molar-refractivity contribution is 9.10. The largest absolute Gasteiger partial charge is 0.478 e. The van der Waals surface area contributed by atoms with Crippen molar-refractivity contribution in [1.82, 2.24) is 14.8 Å². The molecule has 4 rings (SSSR count). The Morgan fingerprint density at radius 3 is 2.69 bits per heavy atom. The molecule has 1 unspecified atom stereocenters. The van der Waals surface area contributed by atoms with Crippen molar-refractivity contribution in [2.75, 3.05) is 33.2 Å². The fourth-order valence-electron chi connectivity index (χ4n) is 3.78. The zero-order valence-electron chi connectivity index (χ0n) is 14.5. The molecular weight excluding hydrogens is 394 g/mol. The van der Waals surface area contributed by atoms with Crippen molar-refractivity contribution >= 4 is 33.5 Å². The van der Waals surface area contributed by atoms with Crippen LogP contribution in [0.1, 0.15) is 28.4 Å². The highest BCUT2D eigenvalue weighted by Gasteiger charge is 2.33. The number of halogens is 1. The van der Waals surface area contributed by atoms with E-state index in [1.54, 1.807) is 12.3 Å². The molecule has 5 nitrogen and oxygen atoms in total. The number of rotatable bonds is 2. The number of carbonyl (C=O) groups is 1. The first-order chi connectivity index (χ1) is 12.5. The van der Waals surface area contributed by atoms with Crippen LogP contribution in [0.15, 0.2) is 41.0 Å². The van der Waals surface area contributed by atoms with Gasteiger partial charge in [0.25, 0.3) is 0 Å². The molecule has 26 heavy (non-hydrogen) atoms. The number of hydrogen-bond donors (Lipinski definition) is 1. The summed E-state index contributed by atoms with van der Waals surface area (Å²) < 4.78 is 0.784. The second-order valence-corrected chi connectivity index (χ2v) is 7.74. The Hall–Kier alpha value is -2.02. The molecule has 1 aromatic heterocycles. The summed E-state index contributed by atoms with van der Waals surface area (Å²) in [5.41, 5.74) is 3.86. The van der Waals surface area contributed by atoms with Crippen molar-refractivity contribution < 1.29 is 9.90 Å². The predicted octanol–water partition coefficient (Wildman–Crippen LogP) is 3.12. The first-order valence-electron chi connectivity index (χ1n) is 8.67. The molecule has 0 spiro atoms. The average Bonchev–Trinajstić information content (AvgIpc) is 2.77. The van der Waals surface area contributed by atoms with Gasteiger partial charge in [-0.3, -0.25) is 9.88 Å². The number of carboxylic acids is 1. The quantitative estimate of drug-likeness (QED) is 0.819. The molecule has 1 aliphatic heterocycles. The van der Waals surface area contributed by atoms with E-state index in [-0.39, 0.29) is 11.6 Å². The molecule has 1 fully saturated rings. The normalized spacial score (nSPS) is 20.7. The van der Waals surface area contributed by atoms with Gasteiger partial charge in [-0.2, -0.15) is 0 Å². The SMILES string of the molecule is CN1CCN(C2c3ccccc3C=C(C(=O)O)c3cc(Br)cnc32)CC1. The van der Waals surface area contributed by atoms with E-state index in [9.17, 15) is 9.90 Å². The van der Waals surface area contributed by atoms with Crippen LogP contribution < -0.4 is 0 Å². The van der Waals surface area contributed by atoms with Crippen LogP contribution in [0.3, 0.4) is 0 Å². The highest BCUT2D eigenvalue weighted by Crippen LogP contribution is 2.40. The number of carboxylic acid groups (broad SMARTS) is 1. The van der Waals surface area contributed by atoms with Gasteiger partial charge in [-0.25, -0.2) is 4.79 Å². The fourth-order valence-corrected chi connectivity index (χ4v) is 4.11. The number of fused-ring (bicyclic) bond motifs is 2. The molecule has 1 aromatic carbocycles. The molecule has 1 saturated heterocycles. The minimum atomic E-state index is -0.931. The van der Waals surface area contributed by atoms with Crippen LogP contribution in [0, 0.1) is 0 Å². The number of piperazine rings is 1. The minimum absolute atomic E-state index is 0.0453. The van der Waals surface area contributed by atoms with Gasteiger partial charge in [0.1, 0.15) is 0 Å². The van der Waals surface area contributed by atoms with Gasteiger partial charge < -0.3 is 10.0 Å². The van der Waals surface area contributed by atoms with Crippen LogP contribution in [0.4, 0.5) is 0 Å². The van der Waals surface area contributed by atoms with E-state index in [4.69, 9.17) is 0 Å². The van der Waals surface area contributed by atoms with Crippen molar-refractivity contribution in [3.63, 3.8) is 0 Å². The van der Waals surface area contributed by atoms with E-state index < -0.39 is 5.97 Å². The van der Waals surface area contributed by atoms with E-state index in [0.717, 1.165) is 47.5 Å². The summed E-state index contributed by atoms with van der Waals surface area (Å²) in [6.07, 6.45) is 3.54. The van der Waals surface area contributed by atoms with Gasteiger partial charge >= 0.3 is 5.97 Å². The molecule has 6 heteroatoms. The smallest absolute Gasteiger partial charge is 0.336 e. The van der Waals surface area contributed by atoms with E-state index in [0.29, 0.717) is 5.56 Å². The Morgan fingerprint density at radius 1 is 1.23 bits per heavy atom. The van der Waals surface area contributed by atoms with Gasteiger partial charge in [0.2, 0.25) is 0 Å². The Morgan fingerprint density at radius 2 is 1.96 bits per heavy atom. The average molecular weight is 414 g/mol. The Bertz CT molecular complexity index is 888. The molecule has 0 bridgehead atoms. The molecular formula is C20H20BrN3O2.